The van der Waals surface area contributed by atoms with Gasteiger partial charge in [0.05, 0.1) is 37.1 Å². The van der Waals surface area contributed by atoms with Crippen LogP contribution in [0.1, 0.15) is 29.0 Å². The Bertz CT molecular complexity index is 965. The predicted octanol–water partition coefficient (Wildman–Crippen LogP) is 3.87. The Morgan fingerprint density at radius 1 is 1.31 bits per heavy atom. The molecule has 0 saturated heterocycles. The van der Waals surface area contributed by atoms with Crippen molar-refractivity contribution >= 4 is 33.2 Å². The summed E-state index contributed by atoms with van der Waals surface area (Å²) in [6, 6.07) is 7.39. The van der Waals surface area contributed by atoms with Gasteiger partial charge in [-0.1, -0.05) is 23.7 Å². The van der Waals surface area contributed by atoms with E-state index in [1.165, 1.54) is 22.2 Å². The fraction of sp³-hybridized carbons (Fsp3) is 0.368. The molecule has 1 N–H and O–H groups in total. The van der Waals surface area contributed by atoms with Gasteiger partial charge in [-0.15, -0.1) is 11.3 Å². The number of benzene rings is 1. The number of nitrogens with zero attached hydrogens (tertiary/aromatic N) is 2. The fourth-order valence-corrected chi connectivity index (χ4v) is 3.88. The molecule has 2 aromatic heterocycles. The fourth-order valence-electron chi connectivity index (χ4n) is 2.77. The van der Waals surface area contributed by atoms with Crippen molar-refractivity contribution in [1.29, 1.82) is 0 Å². The summed E-state index contributed by atoms with van der Waals surface area (Å²) >= 11 is 7.40. The SMILES string of the molecule is Cc1sc2ncn(C[C@H](O)CO[C@H](C)c3ccc(Cl)cc3)c(=O)c2c1C. The summed E-state index contributed by atoms with van der Waals surface area (Å²) in [4.78, 5) is 18.8. The number of aliphatic hydroxyl groups is 1. The maximum atomic E-state index is 12.7. The van der Waals surface area contributed by atoms with E-state index in [4.69, 9.17) is 16.3 Å². The summed E-state index contributed by atoms with van der Waals surface area (Å²) in [5.74, 6) is 0. The lowest BCUT2D eigenvalue weighted by atomic mass is 10.1. The Balaban J connectivity index is 1.66. The number of aryl methyl sites for hydroxylation is 2. The number of ether oxygens (including phenoxy) is 1. The van der Waals surface area contributed by atoms with Gasteiger partial charge in [-0.25, -0.2) is 4.98 Å². The van der Waals surface area contributed by atoms with Crippen LogP contribution in [-0.2, 0) is 11.3 Å². The second kappa shape index (κ2) is 7.88. The molecular weight excluding hydrogens is 372 g/mol. The van der Waals surface area contributed by atoms with Crippen molar-refractivity contribution in [1.82, 2.24) is 9.55 Å². The highest BCUT2D eigenvalue weighted by atomic mass is 35.5. The lowest BCUT2D eigenvalue weighted by molar-refractivity contribution is -0.00910. The second-order valence-corrected chi connectivity index (χ2v) is 7.99. The molecule has 1 aromatic carbocycles. The van der Waals surface area contributed by atoms with Gasteiger partial charge in [-0.3, -0.25) is 9.36 Å². The van der Waals surface area contributed by atoms with Crippen molar-refractivity contribution in [2.24, 2.45) is 0 Å². The lowest BCUT2D eigenvalue weighted by Crippen LogP contribution is -2.29. The van der Waals surface area contributed by atoms with Crippen LogP contribution in [0.5, 0.6) is 0 Å². The molecule has 3 rings (SSSR count). The molecule has 0 saturated carbocycles. The Labute approximate surface area is 160 Å². The van der Waals surface area contributed by atoms with Crippen LogP contribution in [0.3, 0.4) is 0 Å². The monoisotopic (exact) mass is 392 g/mol. The summed E-state index contributed by atoms with van der Waals surface area (Å²) in [6.07, 6.45) is 0.508. The third-order valence-corrected chi connectivity index (χ3v) is 5.81. The number of hydrogen-bond donors (Lipinski definition) is 1. The van der Waals surface area contributed by atoms with Crippen LogP contribution >= 0.6 is 22.9 Å². The van der Waals surface area contributed by atoms with Crippen LogP contribution < -0.4 is 5.56 Å². The average molecular weight is 393 g/mol. The maximum absolute atomic E-state index is 12.7. The van der Waals surface area contributed by atoms with Crippen molar-refractivity contribution in [3.63, 3.8) is 0 Å². The van der Waals surface area contributed by atoms with Gasteiger partial charge in [0.25, 0.3) is 5.56 Å². The minimum atomic E-state index is -0.804. The van der Waals surface area contributed by atoms with Crippen LogP contribution in [0.4, 0.5) is 0 Å². The van der Waals surface area contributed by atoms with E-state index in [0.29, 0.717) is 10.4 Å². The van der Waals surface area contributed by atoms with Crippen LogP contribution in [0.2, 0.25) is 5.02 Å². The van der Waals surface area contributed by atoms with Gasteiger partial charge in [0.2, 0.25) is 0 Å². The van der Waals surface area contributed by atoms with Gasteiger partial charge in [0, 0.05) is 9.90 Å². The quantitative estimate of drug-likeness (QED) is 0.691. The lowest BCUT2D eigenvalue weighted by Gasteiger charge is -2.17. The molecule has 0 amide bonds. The minimum Gasteiger partial charge on any atom is -0.389 e. The Kier molecular flexibility index (Phi) is 5.77. The van der Waals surface area contributed by atoms with Crippen molar-refractivity contribution < 1.29 is 9.84 Å². The zero-order valence-corrected chi connectivity index (χ0v) is 16.5. The third-order valence-electron chi connectivity index (χ3n) is 4.44. The van der Waals surface area contributed by atoms with E-state index in [1.807, 2.05) is 32.9 Å². The standard InChI is InChI=1S/C19H21ClN2O3S/c1-11-13(3)26-18-17(11)19(24)22(10-21-18)8-16(23)9-25-12(2)14-4-6-15(20)7-5-14/h4-7,10,12,16,23H,8-9H2,1-3H3/t12-,16+/m1/s1. The highest BCUT2D eigenvalue weighted by Crippen LogP contribution is 2.25. The van der Waals surface area contributed by atoms with E-state index < -0.39 is 6.10 Å². The molecule has 0 aliphatic carbocycles. The van der Waals surface area contributed by atoms with Gasteiger partial charge in [0.15, 0.2) is 0 Å². The molecular formula is C19H21ClN2O3S. The van der Waals surface area contributed by atoms with Crippen molar-refractivity contribution in [2.45, 2.75) is 39.5 Å². The average Bonchev–Trinajstić information content (AvgIpc) is 2.91. The van der Waals surface area contributed by atoms with Crippen molar-refractivity contribution in [3.8, 4) is 0 Å². The molecule has 0 fully saturated rings. The zero-order valence-electron chi connectivity index (χ0n) is 14.9. The van der Waals surface area contributed by atoms with Gasteiger partial charge < -0.3 is 9.84 Å². The molecule has 0 bridgehead atoms. The summed E-state index contributed by atoms with van der Waals surface area (Å²) in [6.45, 7) is 6.08. The Hall–Kier alpha value is -1.73. The first-order valence-electron chi connectivity index (χ1n) is 8.37. The summed E-state index contributed by atoms with van der Waals surface area (Å²) < 4.78 is 7.18. The van der Waals surface area contributed by atoms with E-state index in [-0.39, 0.29) is 24.8 Å². The van der Waals surface area contributed by atoms with Gasteiger partial charge in [-0.2, -0.15) is 0 Å². The molecule has 26 heavy (non-hydrogen) atoms. The molecule has 0 aliphatic rings. The number of fused-ring (bicyclic) bond motifs is 1. The van der Waals surface area contributed by atoms with Gasteiger partial charge in [0.1, 0.15) is 4.83 Å². The molecule has 138 valence electrons. The third kappa shape index (κ3) is 3.99. The molecule has 0 spiro atoms. The van der Waals surface area contributed by atoms with E-state index >= 15 is 0 Å². The Morgan fingerprint density at radius 2 is 2.00 bits per heavy atom. The van der Waals surface area contributed by atoms with E-state index in [9.17, 15) is 9.90 Å². The highest BCUT2D eigenvalue weighted by molar-refractivity contribution is 7.18. The normalized spacial score (nSPS) is 13.9. The summed E-state index contributed by atoms with van der Waals surface area (Å²) in [5.41, 5.74) is 1.81. The molecule has 7 heteroatoms. The molecule has 2 atom stereocenters. The first-order chi connectivity index (χ1) is 12.4. The molecule has 3 aromatic rings. The molecule has 5 nitrogen and oxygen atoms in total. The first-order valence-corrected chi connectivity index (χ1v) is 9.56. The number of aliphatic hydroxyl groups excluding tert-OH is 1. The van der Waals surface area contributed by atoms with Crippen LogP contribution in [-0.4, -0.2) is 27.4 Å². The number of halogens is 1. The minimum absolute atomic E-state index is 0.121. The Morgan fingerprint density at radius 3 is 2.69 bits per heavy atom. The van der Waals surface area contributed by atoms with E-state index in [1.54, 1.807) is 12.1 Å². The number of hydrogen-bond acceptors (Lipinski definition) is 5. The first kappa shape index (κ1) is 19.0. The van der Waals surface area contributed by atoms with Crippen molar-refractivity contribution in [3.05, 3.63) is 62.0 Å². The molecule has 0 aliphatic heterocycles. The summed E-state index contributed by atoms with van der Waals surface area (Å²) in [5, 5.41) is 11.6. The predicted molar refractivity (Wildman–Crippen MR) is 105 cm³/mol. The van der Waals surface area contributed by atoms with E-state index in [0.717, 1.165) is 20.8 Å². The molecule has 0 unspecified atom stereocenters. The second-order valence-electron chi connectivity index (χ2n) is 6.35. The summed E-state index contributed by atoms with van der Waals surface area (Å²) in [7, 11) is 0. The van der Waals surface area contributed by atoms with Crippen LogP contribution in [0.15, 0.2) is 35.4 Å². The van der Waals surface area contributed by atoms with Gasteiger partial charge in [-0.05, 0) is 44.0 Å². The smallest absolute Gasteiger partial charge is 0.262 e. The number of thiophene rings is 1. The highest BCUT2D eigenvalue weighted by Gasteiger charge is 2.15. The van der Waals surface area contributed by atoms with E-state index in [2.05, 4.69) is 4.98 Å². The van der Waals surface area contributed by atoms with Gasteiger partial charge >= 0.3 is 0 Å². The molecule has 2 heterocycles. The van der Waals surface area contributed by atoms with Crippen molar-refractivity contribution in [2.75, 3.05) is 6.61 Å². The zero-order chi connectivity index (χ0) is 18.8. The largest absolute Gasteiger partial charge is 0.389 e. The number of rotatable bonds is 6. The van der Waals surface area contributed by atoms with Crippen LogP contribution in [0, 0.1) is 13.8 Å². The number of aromatic nitrogens is 2. The van der Waals surface area contributed by atoms with Crippen LogP contribution in [0.25, 0.3) is 10.2 Å². The molecule has 0 radical (unpaired) electrons. The maximum Gasteiger partial charge on any atom is 0.262 e. The topological polar surface area (TPSA) is 64.3 Å².